The molecule has 0 amide bonds. The van der Waals surface area contributed by atoms with E-state index in [0.29, 0.717) is 17.7 Å². The van der Waals surface area contributed by atoms with Crippen molar-refractivity contribution in [1.29, 1.82) is 0 Å². The standard InChI is InChI=1S/C13H19FINO2S/c1-10-8-12(14)9-11(2)13(10)19(17,18)16-7-5-3-4-6-15/h8-9,16H,3-7H2,1-2H3. The van der Waals surface area contributed by atoms with Crippen LogP contribution in [0, 0.1) is 19.7 Å². The van der Waals surface area contributed by atoms with Crippen molar-refractivity contribution in [2.45, 2.75) is 38.0 Å². The summed E-state index contributed by atoms with van der Waals surface area (Å²) in [5, 5.41) is 0. The lowest BCUT2D eigenvalue weighted by molar-refractivity contribution is 0.573. The fraction of sp³-hybridized carbons (Fsp3) is 0.538. The number of alkyl halides is 1. The van der Waals surface area contributed by atoms with Crippen LogP contribution in [0.1, 0.15) is 30.4 Å². The van der Waals surface area contributed by atoms with Crippen molar-refractivity contribution in [1.82, 2.24) is 4.72 Å². The fourth-order valence-electron chi connectivity index (χ4n) is 2.00. The number of sulfonamides is 1. The highest BCUT2D eigenvalue weighted by Gasteiger charge is 2.19. The Morgan fingerprint density at radius 2 is 1.74 bits per heavy atom. The lowest BCUT2D eigenvalue weighted by atomic mass is 10.1. The largest absolute Gasteiger partial charge is 0.241 e. The Hall–Kier alpha value is -0.210. The van der Waals surface area contributed by atoms with Crippen LogP contribution in [0.3, 0.4) is 0 Å². The van der Waals surface area contributed by atoms with Crippen molar-refractivity contribution in [3.63, 3.8) is 0 Å². The van der Waals surface area contributed by atoms with Crippen LogP contribution in [0.15, 0.2) is 17.0 Å². The van der Waals surface area contributed by atoms with Gasteiger partial charge in [-0.1, -0.05) is 29.0 Å². The van der Waals surface area contributed by atoms with E-state index in [1.807, 2.05) is 0 Å². The molecule has 1 N–H and O–H groups in total. The highest BCUT2D eigenvalue weighted by molar-refractivity contribution is 14.1. The molecule has 0 unspecified atom stereocenters. The summed E-state index contributed by atoms with van der Waals surface area (Å²) in [5.74, 6) is -0.406. The van der Waals surface area contributed by atoms with Crippen LogP contribution >= 0.6 is 22.6 Å². The number of hydrogen-bond donors (Lipinski definition) is 1. The van der Waals surface area contributed by atoms with E-state index in [0.717, 1.165) is 23.7 Å². The van der Waals surface area contributed by atoms with Gasteiger partial charge >= 0.3 is 0 Å². The first-order valence-corrected chi connectivity index (χ1v) is 9.21. The molecule has 0 aliphatic heterocycles. The average molecular weight is 399 g/mol. The molecule has 0 fully saturated rings. The predicted octanol–water partition coefficient (Wildman–Crippen LogP) is 3.33. The second kappa shape index (κ2) is 7.54. The zero-order valence-corrected chi connectivity index (χ0v) is 14.1. The number of unbranched alkanes of at least 4 members (excludes halogenated alkanes) is 2. The van der Waals surface area contributed by atoms with E-state index in [9.17, 15) is 12.8 Å². The summed E-state index contributed by atoms with van der Waals surface area (Å²) < 4.78 is 41.2. The van der Waals surface area contributed by atoms with Gasteiger partial charge in [0.25, 0.3) is 0 Å². The third kappa shape index (κ3) is 5.00. The van der Waals surface area contributed by atoms with E-state index in [1.165, 1.54) is 12.1 Å². The van der Waals surface area contributed by atoms with Gasteiger partial charge < -0.3 is 0 Å². The SMILES string of the molecule is Cc1cc(F)cc(C)c1S(=O)(=O)NCCCCCI. The number of aryl methyl sites for hydroxylation is 2. The highest BCUT2D eigenvalue weighted by atomic mass is 127. The third-order valence-electron chi connectivity index (χ3n) is 2.80. The monoisotopic (exact) mass is 399 g/mol. The van der Waals surface area contributed by atoms with Crippen molar-refractivity contribution in [3.05, 3.63) is 29.1 Å². The third-order valence-corrected chi connectivity index (χ3v) is 5.32. The second-order valence-corrected chi connectivity index (χ2v) is 7.30. The van der Waals surface area contributed by atoms with Crippen LogP contribution in [0.25, 0.3) is 0 Å². The zero-order valence-electron chi connectivity index (χ0n) is 11.2. The predicted molar refractivity (Wildman–Crippen MR) is 83.8 cm³/mol. The maximum absolute atomic E-state index is 13.2. The smallest absolute Gasteiger partial charge is 0.211 e. The molecule has 0 saturated carbocycles. The lowest BCUT2D eigenvalue weighted by Gasteiger charge is -2.12. The van der Waals surface area contributed by atoms with Crippen LogP contribution in [0.4, 0.5) is 4.39 Å². The number of rotatable bonds is 7. The molecule has 0 aliphatic rings. The molecule has 0 atom stereocenters. The molecule has 1 rings (SSSR count). The summed E-state index contributed by atoms with van der Waals surface area (Å²) in [6, 6.07) is 2.50. The molecule has 3 nitrogen and oxygen atoms in total. The first-order valence-electron chi connectivity index (χ1n) is 6.21. The Bertz CT molecular complexity index is 508. The molecule has 19 heavy (non-hydrogen) atoms. The lowest BCUT2D eigenvalue weighted by Crippen LogP contribution is -2.26. The first-order chi connectivity index (χ1) is 8.88. The van der Waals surface area contributed by atoms with Gasteiger partial charge in [-0.05, 0) is 54.4 Å². The normalized spacial score (nSPS) is 11.8. The molecule has 0 bridgehead atoms. The van der Waals surface area contributed by atoms with Crippen LogP contribution in [-0.2, 0) is 10.0 Å². The molecule has 108 valence electrons. The molecular formula is C13H19FINO2S. The average Bonchev–Trinajstić information content (AvgIpc) is 2.26. The van der Waals surface area contributed by atoms with Gasteiger partial charge in [-0.25, -0.2) is 17.5 Å². The number of nitrogens with one attached hydrogen (secondary N) is 1. The van der Waals surface area contributed by atoms with Gasteiger partial charge in [-0.15, -0.1) is 0 Å². The van der Waals surface area contributed by atoms with Crippen molar-refractivity contribution < 1.29 is 12.8 Å². The maximum atomic E-state index is 13.2. The molecule has 0 spiro atoms. The van der Waals surface area contributed by atoms with E-state index in [1.54, 1.807) is 13.8 Å². The molecule has 0 saturated heterocycles. The van der Waals surface area contributed by atoms with E-state index >= 15 is 0 Å². The minimum Gasteiger partial charge on any atom is -0.211 e. The van der Waals surface area contributed by atoms with Crippen LogP contribution in [0.5, 0.6) is 0 Å². The zero-order chi connectivity index (χ0) is 14.5. The summed E-state index contributed by atoms with van der Waals surface area (Å²) in [5.41, 5.74) is 0.884. The van der Waals surface area contributed by atoms with E-state index < -0.39 is 15.8 Å². The van der Waals surface area contributed by atoms with Crippen molar-refractivity contribution in [3.8, 4) is 0 Å². The Morgan fingerprint density at radius 1 is 1.16 bits per heavy atom. The molecule has 0 aliphatic carbocycles. The van der Waals surface area contributed by atoms with Gasteiger partial charge in [0.05, 0.1) is 4.90 Å². The minimum absolute atomic E-state index is 0.197. The fourth-order valence-corrected chi connectivity index (χ4v) is 4.06. The Morgan fingerprint density at radius 3 is 2.26 bits per heavy atom. The highest BCUT2D eigenvalue weighted by Crippen LogP contribution is 2.21. The van der Waals surface area contributed by atoms with Gasteiger partial charge in [-0.2, -0.15) is 0 Å². The molecule has 0 aromatic heterocycles. The topological polar surface area (TPSA) is 46.2 Å². The van der Waals surface area contributed by atoms with E-state index in [4.69, 9.17) is 0 Å². The second-order valence-electron chi connectivity index (χ2n) is 4.52. The van der Waals surface area contributed by atoms with Gasteiger partial charge in [0.15, 0.2) is 0 Å². The van der Waals surface area contributed by atoms with Crippen molar-refractivity contribution in [2.24, 2.45) is 0 Å². The van der Waals surface area contributed by atoms with Crippen LogP contribution in [-0.4, -0.2) is 19.4 Å². The molecule has 1 aromatic carbocycles. The summed E-state index contributed by atoms with van der Waals surface area (Å²) in [6.07, 6.45) is 2.92. The first kappa shape index (κ1) is 16.8. The number of halogens is 2. The number of hydrogen-bond acceptors (Lipinski definition) is 2. The molecule has 6 heteroatoms. The van der Waals surface area contributed by atoms with E-state index in [-0.39, 0.29) is 4.90 Å². The van der Waals surface area contributed by atoms with Crippen LogP contribution in [0.2, 0.25) is 0 Å². The summed E-state index contributed by atoms with van der Waals surface area (Å²) >= 11 is 2.30. The summed E-state index contributed by atoms with van der Waals surface area (Å²) in [6.45, 7) is 3.65. The van der Waals surface area contributed by atoms with Crippen LogP contribution < -0.4 is 4.72 Å². The molecule has 0 radical (unpaired) electrons. The summed E-state index contributed by atoms with van der Waals surface area (Å²) in [4.78, 5) is 0.197. The van der Waals surface area contributed by atoms with Crippen molar-refractivity contribution >= 4 is 32.6 Å². The van der Waals surface area contributed by atoms with Crippen molar-refractivity contribution in [2.75, 3.05) is 11.0 Å². The van der Waals surface area contributed by atoms with Gasteiger partial charge in [0.2, 0.25) is 10.0 Å². The van der Waals surface area contributed by atoms with E-state index in [2.05, 4.69) is 27.3 Å². The number of benzene rings is 1. The maximum Gasteiger partial charge on any atom is 0.241 e. The minimum atomic E-state index is -3.54. The molecular weight excluding hydrogens is 380 g/mol. The molecule has 0 heterocycles. The Balaban J connectivity index is 2.78. The Labute approximate surface area is 128 Å². The summed E-state index contributed by atoms with van der Waals surface area (Å²) in [7, 11) is -3.54. The quantitative estimate of drug-likeness (QED) is 0.435. The van der Waals surface area contributed by atoms with Gasteiger partial charge in [0.1, 0.15) is 5.82 Å². The Kier molecular flexibility index (Phi) is 6.68. The van der Waals surface area contributed by atoms with Gasteiger partial charge in [-0.3, -0.25) is 0 Å². The molecule has 1 aromatic rings. The van der Waals surface area contributed by atoms with Gasteiger partial charge in [0, 0.05) is 6.54 Å².